The molecule has 0 bridgehead atoms. The Morgan fingerprint density at radius 3 is 2.58 bits per heavy atom. The maximum absolute atomic E-state index is 12.4. The molecule has 1 aliphatic heterocycles. The van der Waals surface area contributed by atoms with Gasteiger partial charge in [0, 0.05) is 6.54 Å². The monoisotopic (exact) mass is 359 g/mol. The van der Waals surface area contributed by atoms with Crippen LogP contribution in [0.3, 0.4) is 0 Å². The second kappa shape index (κ2) is 8.88. The van der Waals surface area contributed by atoms with Crippen molar-refractivity contribution in [2.45, 2.75) is 51.7 Å². The Labute approximate surface area is 156 Å². The molecule has 142 valence electrons. The van der Waals surface area contributed by atoms with Crippen LogP contribution >= 0.6 is 0 Å². The summed E-state index contributed by atoms with van der Waals surface area (Å²) in [6.45, 7) is 6.25. The minimum atomic E-state index is -0.518. The second-order valence-corrected chi connectivity index (χ2v) is 7.59. The number of likely N-dealkylation sites (tertiary alicyclic amines) is 1. The fourth-order valence-corrected chi connectivity index (χ4v) is 3.05. The van der Waals surface area contributed by atoms with E-state index in [9.17, 15) is 9.59 Å². The summed E-state index contributed by atoms with van der Waals surface area (Å²) in [5, 5.41) is 0. The molecular formula is C21H29NO4. The van der Waals surface area contributed by atoms with Crippen LogP contribution in [0.15, 0.2) is 42.5 Å². The van der Waals surface area contributed by atoms with Gasteiger partial charge in [-0.1, -0.05) is 42.5 Å². The zero-order valence-electron chi connectivity index (χ0n) is 16.1. The standard InChI is InChI=1S/C21H29NO4/c1-21(2,3)26-20(24)22-14-8-11-18(22)13-12-17(19(23)25-4)15-16-9-6-5-7-10-16/h5-7,9-10,12-13,17-18H,8,11,14-15H2,1-4H3/b13-12+/t17-,18+/m1/s1. The smallest absolute Gasteiger partial charge is 0.410 e. The summed E-state index contributed by atoms with van der Waals surface area (Å²) >= 11 is 0. The van der Waals surface area contributed by atoms with E-state index in [0.717, 1.165) is 18.4 Å². The van der Waals surface area contributed by atoms with Crippen LogP contribution in [0.25, 0.3) is 0 Å². The van der Waals surface area contributed by atoms with E-state index < -0.39 is 5.60 Å². The van der Waals surface area contributed by atoms with Crippen LogP contribution in [0.4, 0.5) is 4.79 Å². The fourth-order valence-electron chi connectivity index (χ4n) is 3.05. The van der Waals surface area contributed by atoms with E-state index in [2.05, 4.69) is 0 Å². The van der Waals surface area contributed by atoms with Crippen molar-refractivity contribution in [3.05, 3.63) is 48.0 Å². The van der Waals surface area contributed by atoms with Crippen molar-refractivity contribution in [1.29, 1.82) is 0 Å². The number of hydrogen-bond donors (Lipinski definition) is 0. The van der Waals surface area contributed by atoms with E-state index in [4.69, 9.17) is 9.47 Å². The van der Waals surface area contributed by atoms with Crippen molar-refractivity contribution < 1.29 is 19.1 Å². The molecule has 1 amide bonds. The quantitative estimate of drug-likeness (QED) is 0.589. The summed E-state index contributed by atoms with van der Waals surface area (Å²) in [4.78, 5) is 26.3. The van der Waals surface area contributed by atoms with E-state index in [1.807, 2.05) is 63.3 Å². The van der Waals surface area contributed by atoms with Gasteiger partial charge in [0.05, 0.1) is 19.1 Å². The Balaban J connectivity index is 2.07. The highest BCUT2D eigenvalue weighted by atomic mass is 16.6. The van der Waals surface area contributed by atoms with Crippen molar-refractivity contribution in [3.63, 3.8) is 0 Å². The lowest BCUT2D eigenvalue weighted by atomic mass is 9.98. The summed E-state index contributed by atoms with van der Waals surface area (Å²) in [5.41, 5.74) is 0.554. The molecule has 0 aliphatic carbocycles. The average molecular weight is 359 g/mol. The highest BCUT2D eigenvalue weighted by molar-refractivity contribution is 5.75. The molecule has 5 heteroatoms. The van der Waals surface area contributed by atoms with Crippen LogP contribution in [-0.4, -0.2) is 42.3 Å². The molecular weight excluding hydrogens is 330 g/mol. The number of nitrogens with zero attached hydrogens (tertiary/aromatic N) is 1. The molecule has 0 unspecified atom stereocenters. The first-order chi connectivity index (χ1) is 12.3. The van der Waals surface area contributed by atoms with Gasteiger partial charge in [0.2, 0.25) is 0 Å². The van der Waals surface area contributed by atoms with Crippen LogP contribution in [-0.2, 0) is 20.7 Å². The Bertz CT molecular complexity index is 633. The van der Waals surface area contributed by atoms with Crippen molar-refractivity contribution in [2.75, 3.05) is 13.7 Å². The van der Waals surface area contributed by atoms with Gasteiger partial charge in [-0.25, -0.2) is 4.79 Å². The summed E-state index contributed by atoms with van der Waals surface area (Å²) < 4.78 is 10.4. The summed E-state index contributed by atoms with van der Waals surface area (Å²) in [6, 6.07) is 9.79. The maximum Gasteiger partial charge on any atom is 0.410 e. The Morgan fingerprint density at radius 2 is 1.96 bits per heavy atom. The molecule has 1 aliphatic rings. The van der Waals surface area contributed by atoms with Gasteiger partial charge >= 0.3 is 12.1 Å². The summed E-state index contributed by atoms with van der Waals surface area (Å²) in [6.07, 6.45) is 5.88. The molecule has 0 N–H and O–H groups in total. The number of amides is 1. The maximum atomic E-state index is 12.4. The molecule has 26 heavy (non-hydrogen) atoms. The van der Waals surface area contributed by atoms with E-state index >= 15 is 0 Å². The lowest BCUT2D eigenvalue weighted by Crippen LogP contribution is -2.39. The van der Waals surface area contributed by atoms with Gasteiger partial charge in [-0.2, -0.15) is 0 Å². The predicted octanol–water partition coefficient (Wildman–Crippen LogP) is 3.97. The molecule has 1 fully saturated rings. The molecule has 5 nitrogen and oxygen atoms in total. The number of carbonyl (C=O) groups excluding carboxylic acids is 2. The molecule has 2 rings (SSSR count). The summed E-state index contributed by atoms with van der Waals surface area (Å²) in [7, 11) is 1.40. The van der Waals surface area contributed by atoms with Crippen LogP contribution in [0.5, 0.6) is 0 Å². The zero-order valence-corrected chi connectivity index (χ0v) is 16.1. The van der Waals surface area contributed by atoms with Crippen molar-refractivity contribution >= 4 is 12.1 Å². The normalized spacial score (nSPS) is 18.8. The van der Waals surface area contributed by atoms with Crippen molar-refractivity contribution in [3.8, 4) is 0 Å². The third kappa shape index (κ3) is 5.90. The van der Waals surface area contributed by atoms with Crippen molar-refractivity contribution in [2.24, 2.45) is 5.92 Å². The number of carbonyl (C=O) groups is 2. The second-order valence-electron chi connectivity index (χ2n) is 7.59. The summed E-state index contributed by atoms with van der Waals surface area (Å²) in [5.74, 6) is -0.643. The Morgan fingerprint density at radius 1 is 1.27 bits per heavy atom. The van der Waals surface area contributed by atoms with Crippen LogP contribution < -0.4 is 0 Å². The number of methoxy groups -OCH3 is 1. The first-order valence-electron chi connectivity index (χ1n) is 9.10. The van der Waals surface area contributed by atoms with E-state index in [1.54, 1.807) is 4.90 Å². The number of hydrogen-bond acceptors (Lipinski definition) is 4. The van der Waals surface area contributed by atoms with Gasteiger partial charge in [0.25, 0.3) is 0 Å². The van der Waals surface area contributed by atoms with Crippen LogP contribution in [0.2, 0.25) is 0 Å². The highest BCUT2D eigenvalue weighted by Gasteiger charge is 2.31. The first-order valence-corrected chi connectivity index (χ1v) is 9.10. The number of esters is 1. The molecule has 0 saturated carbocycles. The third-order valence-electron chi connectivity index (χ3n) is 4.30. The van der Waals surface area contributed by atoms with Gasteiger partial charge < -0.3 is 14.4 Å². The molecule has 1 saturated heterocycles. The molecule has 0 radical (unpaired) electrons. The van der Waals surface area contributed by atoms with Gasteiger partial charge in [-0.15, -0.1) is 0 Å². The topological polar surface area (TPSA) is 55.8 Å². The lowest BCUT2D eigenvalue weighted by molar-refractivity contribution is -0.143. The van der Waals surface area contributed by atoms with Crippen molar-refractivity contribution in [1.82, 2.24) is 4.90 Å². The number of rotatable bonds is 5. The highest BCUT2D eigenvalue weighted by Crippen LogP contribution is 2.23. The molecule has 1 heterocycles. The minimum absolute atomic E-state index is 0.0484. The average Bonchev–Trinajstić information content (AvgIpc) is 3.06. The number of benzene rings is 1. The van der Waals surface area contributed by atoms with Gasteiger partial charge in [-0.3, -0.25) is 4.79 Å². The zero-order chi connectivity index (χ0) is 19.2. The largest absolute Gasteiger partial charge is 0.469 e. The molecule has 0 spiro atoms. The Kier molecular flexibility index (Phi) is 6.83. The first kappa shape index (κ1) is 20.0. The lowest BCUT2D eigenvalue weighted by Gasteiger charge is -2.27. The molecule has 2 atom stereocenters. The van der Waals surface area contributed by atoms with E-state index in [0.29, 0.717) is 13.0 Å². The predicted molar refractivity (Wildman–Crippen MR) is 101 cm³/mol. The van der Waals surface area contributed by atoms with E-state index in [-0.39, 0.29) is 24.0 Å². The molecule has 0 aromatic heterocycles. The van der Waals surface area contributed by atoms with Crippen LogP contribution in [0, 0.1) is 5.92 Å². The van der Waals surface area contributed by atoms with Gasteiger partial charge in [0.1, 0.15) is 5.60 Å². The SMILES string of the molecule is COC(=O)[C@H](/C=C/[C@@H]1CCCN1C(=O)OC(C)(C)C)Cc1ccccc1. The molecule has 1 aromatic rings. The third-order valence-corrected chi connectivity index (χ3v) is 4.30. The van der Waals surface area contributed by atoms with Gasteiger partial charge in [0.15, 0.2) is 0 Å². The Hall–Kier alpha value is -2.30. The van der Waals surface area contributed by atoms with E-state index in [1.165, 1.54) is 7.11 Å². The van der Waals surface area contributed by atoms with Gasteiger partial charge in [-0.05, 0) is 45.6 Å². The fraction of sp³-hybridized carbons (Fsp3) is 0.524. The molecule has 1 aromatic carbocycles. The minimum Gasteiger partial charge on any atom is -0.469 e. The number of ether oxygens (including phenoxy) is 2. The van der Waals surface area contributed by atoms with Crippen LogP contribution in [0.1, 0.15) is 39.2 Å².